The molecule has 1 atom stereocenters. The van der Waals surface area contributed by atoms with Crippen LogP contribution in [0, 0.1) is 11.7 Å². The Morgan fingerprint density at radius 2 is 1.95 bits per heavy atom. The van der Waals surface area contributed by atoms with Gasteiger partial charge in [-0.1, -0.05) is 13.8 Å². The van der Waals surface area contributed by atoms with Crippen molar-refractivity contribution in [2.45, 2.75) is 39.3 Å². The topological polar surface area (TPSA) is 35.5 Å². The van der Waals surface area contributed by atoms with E-state index in [4.69, 9.17) is 0 Å². The molecule has 112 valence electrons. The molecule has 20 heavy (non-hydrogen) atoms. The molecule has 1 heterocycles. The van der Waals surface area contributed by atoms with Crippen LogP contribution in [-0.4, -0.2) is 35.7 Å². The summed E-state index contributed by atoms with van der Waals surface area (Å²) in [5.74, 6) is 0.199. The predicted octanol–water partition coefficient (Wildman–Crippen LogP) is 2.74. The highest BCUT2D eigenvalue weighted by molar-refractivity contribution is 5.28. The van der Waals surface area contributed by atoms with Crippen molar-refractivity contribution >= 4 is 0 Å². The maximum atomic E-state index is 13.2. The number of hydrogen-bond acceptors (Lipinski definition) is 3. The van der Waals surface area contributed by atoms with Crippen LogP contribution in [0.2, 0.25) is 0 Å². The van der Waals surface area contributed by atoms with Crippen molar-refractivity contribution in [3.63, 3.8) is 0 Å². The number of phenols is 1. The Labute approximate surface area is 120 Å². The zero-order valence-electron chi connectivity index (χ0n) is 12.4. The van der Waals surface area contributed by atoms with Gasteiger partial charge in [-0.2, -0.15) is 0 Å². The maximum Gasteiger partial charge on any atom is 0.127 e. The van der Waals surface area contributed by atoms with Gasteiger partial charge in [-0.3, -0.25) is 4.90 Å². The van der Waals surface area contributed by atoms with E-state index in [0.29, 0.717) is 18.5 Å². The van der Waals surface area contributed by atoms with Crippen LogP contribution >= 0.6 is 0 Å². The van der Waals surface area contributed by atoms with Gasteiger partial charge >= 0.3 is 0 Å². The molecular formula is C16H25FN2O. The van der Waals surface area contributed by atoms with E-state index in [1.54, 1.807) is 6.07 Å². The van der Waals surface area contributed by atoms with Gasteiger partial charge in [-0.15, -0.1) is 0 Å². The molecule has 2 rings (SSSR count). The molecule has 0 aliphatic carbocycles. The molecule has 0 spiro atoms. The number of likely N-dealkylation sites (tertiary alicyclic amines) is 1. The molecule has 1 unspecified atom stereocenters. The Morgan fingerprint density at radius 1 is 1.25 bits per heavy atom. The second-order valence-corrected chi connectivity index (χ2v) is 6.00. The molecule has 1 aromatic rings. The maximum absolute atomic E-state index is 13.2. The first-order valence-electron chi connectivity index (χ1n) is 7.49. The Kier molecular flexibility index (Phi) is 5.38. The molecule has 0 saturated carbocycles. The first-order chi connectivity index (χ1) is 9.56. The normalized spacial score (nSPS) is 17.8. The van der Waals surface area contributed by atoms with Gasteiger partial charge in [0.15, 0.2) is 0 Å². The molecule has 0 bridgehead atoms. The van der Waals surface area contributed by atoms with Crippen molar-refractivity contribution in [3.8, 4) is 5.75 Å². The highest BCUT2D eigenvalue weighted by Gasteiger charge is 2.23. The van der Waals surface area contributed by atoms with Gasteiger partial charge in [0.2, 0.25) is 0 Å². The smallest absolute Gasteiger partial charge is 0.127 e. The standard InChI is InChI=1S/C16H25FN2O/c1-12(2)16(19-5-3-4-6-19)11-18-10-13-7-14(17)9-15(20)8-13/h7-9,12,16,18,20H,3-6,10-11H2,1-2H3. The van der Waals surface area contributed by atoms with Crippen molar-refractivity contribution in [2.75, 3.05) is 19.6 Å². The summed E-state index contributed by atoms with van der Waals surface area (Å²) in [7, 11) is 0. The van der Waals surface area contributed by atoms with Gasteiger partial charge in [0.25, 0.3) is 0 Å². The number of halogens is 1. The van der Waals surface area contributed by atoms with Gasteiger partial charge < -0.3 is 10.4 Å². The number of benzene rings is 1. The molecular weight excluding hydrogens is 255 g/mol. The second-order valence-electron chi connectivity index (χ2n) is 6.00. The van der Waals surface area contributed by atoms with Gasteiger partial charge in [-0.25, -0.2) is 4.39 Å². The van der Waals surface area contributed by atoms with E-state index in [2.05, 4.69) is 24.1 Å². The monoisotopic (exact) mass is 280 g/mol. The molecule has 4 heteroatoms. The largest absolute Gasteiger partial charge is 0.508 e. The average molecular weight is 280 g/mol. The first kappa shape index (κ1) is 15.3. The van der Waals surface area contributed by atoms with Crippen molar-refractivity contribution < 1.29 is 9.50 Å². The number of phenolic OH excluding ortho intramolecular Hbond substituents is 1. The van der Waals surface area contributed by atoms with Gasteiger partial charge in [0.05, 0.1) is 0 Å². The van der Waals surface area contributed by atoms with E-state index in [0.717, 1.165) is 18.2 Å². The van der Waals surface area contributed by atoms with E-state index < -0.39 is 0 Å². The van der Waals surface area contributed by atoms with Gasteiger partial charge in [-0.05, 0) is 49.5 Å². The predicted molar refractivity (Wildman–Crippen MR) is 79.2 cm³/mol. The Morgan fingerprint density at radius 3 is 2.55 bits per heavy atom. The number of aromatic hydroxyl groups is 1. The van der Waals surface area contributed by atoms with Crippen molar-refractivity contribution in [2.24, 2.45) is 5.92 Å². The molecule has 1 aromatic carbocycles. The average Bonchev–Trinajstić information content (AvgIpc) is 2.86. The third-order valence-corrected chi connectivity index (χ3v) is 4.00. The minimum Gasteiger partial charge on any atom is -0.508 e. The molecule has 1 saturated heterocycles. The van der Waals surface area contributed by atoms with Crippen LogP contribution in [0.15, 0.2) is 18.2 Å². The van der Waals surface area contributed by atoms with Crippen molar-refractivity contribution in [1.29, 1.82) is 0 Å². The fourth-order valence-electron chi connectivity index (χ4n) is 2.96. The number of nitrogens with one attached hydrogen (secondary N) is 1. The van der Waals surface area contributed by atoms with E-state index in [1.165, 1.54) is 32.0 Å². The van der Waals surface area contributed by atoms with Gasteiger partial charge in [0, 0.05) is 25.2 Å². The van der Waals surface area contributed by atoms with Gasteiger partial charge in [0.1, 0.15) is 11.6 Å². The Bertz CT molecular complexity index is 410. The van der Waals surface area contributed by atoms with Crippen molar-refractivity contribution in [3.05, 3.63) is 29.6 Å². The summed E-state index contributed by atoms with van der Waals surface area (Å²) in [5, 5.41) is 12.8. The molecule has 0 aromatic heterocycles. The summed E-state index contributed by atoms with van der Waals surface area (Å²) in [6.45, 7) is 8.35. The van der Waals surface area contributed by atoms with Crippen LogP contribution in [0.1, 0.15) is 32.3 Å². The van der Waals surface area contributed by atoms with Crippen LogP contribution in [0.4, 0.5) is 4.39 Å². The van der Waals surface area contributed by atoms with E-state index >= 15 is 0 Å². The van der Waals surface area contributed by atoms with Crippen LogP contribution in [-0.2, 0) is 6.54 Å². The lowest BCUT2D eigenvalue weighted by Crippen LogP contribution is -2.44. The van der Waals surface area contributed by atoms with Crippen LogP contribution in [0.25, 0.3) is 0 Å². The summed E-state index contributed by atoms with van der Waals surface area (Å²) >= 11 is 0. The lowest BCUT2D eigenvalue weighted by molar-refractivity contribution is 0.186. The zero-order chi connectivity index (χ0) is 14.5. The highest BCUT2D eigenvalue weighted by Crippen LogP contribution is 2.18. The third-order valence-electron chi connectivity index (χ3n) is 4.00. The van der Waals surface area contributed by atoms with Crippen LogP contribution in [0.3, 0.4) is 0 Å². The summed E-state index contributed by atoms with van der Waals surface area (Å²) in [5.41, 5.74) is 0.784. The third kappa shape index (κ3) is 4.18. The summed E-state index contributed by atoms with van der Waals surface area (Å²) < 4.78 is 13.2. The SMILES string of the molecule is CC(C)C(CNCc1cc(O)cc(F)c1)N1CCCC1. The molecule has 0 amide bonds. The van der Waals surface area contributed by atoms with E-state index in [9.17, 15) is 9.50 Å². The lowest BCUT2D eigenvalue weighted by atomic mass is 10.0. The molecule has 3 nitrogen and oxygen atoms in total. The summed E-state index contributed by atoms with van der Waals surface area (Å²) in [6.07, 6.45) is 2.59. The van der Waals surface area contributed by atoms with Crippen LogP contribution < -0.4 is 5.32 Å². The fourth-order valence-corrected chi connectivity index (χ4v) is 2.96. The zero-order valence-corrected chi connectivity index (χ0v) is 12.4. The fraction of sp³-hybridized carbons (Fsp3) is 0.625. The molecule has 1 fully saturated rings. The molecule has 1 aliphatic heterocycles. The highest BCUT2D eigenvalue weighted by atomic mass is 19.1. The Balaban J connectivity index is 1.86. The number of hydrogen-bond donors (Lipinski definition) is 2. The summed E-state index contributed by atoms with van der Waals surface area (Å²) in [4.78, 5) is 2.54. The van der Waals surface area contributed by atoms with Crippen LogP contribution in [0.5, 0.6) is 5.75 Å². The number of rotatable bonds is 6. The Hall–Kier alpha value is -1.13. The minimum atomic E-state index is -0.387. The number of nitrogens with zero attached hydrogens (tertiary/aromatic N) is 1. The van der Waals surface area contributed by atoms with Crippen molar-refractivity contribution in [1.82, 2.24) is 10.2 Å². The molecule has 1 aliphatic rings. The molecule has 0 radical (unpaired) electrons. The minimum absolute atomic E-state index is 0.0123. The van der Waals surface area contributed by atoms with E-state index in [1.807, 2.05) is 0 Å². The van der Waals surface area contributed by atoms with E-state index in [-0.39, 0.29) is 11.6 Å². The molecule has 2 N–H and O–H groups in total. The second kappa shape index (κ2) is 7.04. The first-order valence-corrected chi connectivity index (χ1v) is 7.49. The summed E-state index contributed by atoms with van der Waals surface area (Å²) in [6, 6.07) is 4.73. The lowest BCUT2D eigenvalue weighted by Gasteiger charge is -2.31. The quantitative estimate of drug-likeness (QED) is 0.841.